The predicted octanol–water partition coefficient (Wildman–Crippen LogP) is 2.61. The fraction of sp³-hybridized carbons (Fsp3) is 0.474. The van der Waals surface area contributed by atoms with E-state index in [1.807, 2.05) is 30.3 Å². The first-order valence-electron chi connectivity index (χ1n) is 8.57. The first kappa shape index (κ1) is 20.1. The molecular weight excluding hydrogens is 386 g/mol. The summed E-state index contributed by atoms with van der Waals surface area (Å²) >= 11 is 1.17. The van der Waals surface area contributed by atoms with Gasteiger partial charge in [0.05, 0.1) is 5.70 Å². The van der Waals surface area contributed by atoms with Crippen molar-refractivity contribution in [2.24, 2.45) is 5.41 Å². The fourth-order valence-corrected chi connectivity index (χ4v) is 7.30. The van der Waals surface area contributed by atoms with Crippen LogP contribution in [0, 0.1) is 5.41 Å². The smallest absolute Gasteiger partial charge is 0.260 e. The molecular formula is C19H23NO5S2. The Labute approximate surface area is 163 Å². The third kappa shape index (κ3) is 3.13. The summed E-state index contributed by atoms with van der Waals surface area (Å²) in [5.74, 6) is -0.734. The van der Waals surface area contributed by atoms with Crippen LogP contribution in [0.1, 0.15) is 27.7 Å². The van der Waals surface area contributed by atoms with Crippen molar-refractivity contribution in [3.05, 3.63) is 41.6 Å². The van der Waals surface area contributed by atoms with E-state index in [1.54, 1.807) is 27.7 Å². The van der Waals surface area contributed by atoms with Crippen molar-refractivity contribution < 1.29 is 22.7 Å². The molecule has 146 valence electrons. The molecule has 2 aliphatic heterocycles. The Balaban J connectivity index is 2.16. The van der Waals surface area contributed by atoms with E-state index in [9.17, 15) is 18.0 Å². The maximum absolute atomic E-state index is 13.3. The fourth-order valence-electron chi connectivity index (χ4n) is 3.31. The number of allylic oxidation sites excluding steroid dienone is 1. The van der Waals surface area contributed by atoms with Crippen molar-refractivity contribution in [1.29, 1.82) is 0 Å². The standard InChI is InChI=1S/C19H23NO5S2/c1-11-13(15(21)19(2,3)4)20-16(22)14(25-5)17(20)27(23,24)18(11)26-12-9-7-6-8-10-12/h6-10,14,17-18H,1-5H3/t14-,17+,18-/m0/s1. The number of thioether (sulfide) groups is 1. The van der Waals surface area contributed by atoms with Crippen LogP contribution in [0.4, 0.5) is 0 Å². The first-order chi connectivity index (χ1) is 12.5. The van der Waals surface area contributed by atoms with Gasteiger partial charge in [-0.3, -0.25) is 14.5 Å². The quantitative estimate of drug-likeness (QED) is 0.711. The number of β-lactam (4-membered cyclic amide) rings is 1. The second-order valence-electron chi connectivity index (χ2n) is 7.72. The number of ether oxygens (including phenoxy) is 1. The second kappa shape index (κ2) is 6.76. The number of carbonyl (C=O) groups is 2. The van der Waals surface area contributed by atoms with Crippen LogP contribution in [-0.2, 0) is 24.2 Å². The largest absolute Gasteiger partial charge is 0.368 e. The molecule has 0 saturated carbocycles. The molecule has 2 aliphatic rings. The normalized spacial score (nSPS) is 27.2. The molecule has 8 heteroatoms. The molecule has 3 rings (SSSR count). The van der Waals surface area contributed by atoms with Crippen LogP contribution in [0.25, 0.3) is 0 Å². The lowest BCUT2D eigenvalue weighted by Gasteiger charge is -2.51. The van der Waals surface area contributed by atoms with Crippen LogP contribution < -0.4 is 0 Å². The van der Waals surface area contributed by atoms with E-state index >= 15 is 0 Å². The van der Waals surface area contributed by atoms with Crippen molar-refractivity contribution in [3.63, 3.8) is 0 Å². The van der Waals surface area contributed by atoms with Crippen molar-refractivity contribution in [2.45, 2.75) is 48.7 Å². The highest BCUT2D eigenvalue weighted by Crippen LogP contribution is 2.47. The first-order valence-corrected chi connectivity index (χ1v) is 11.1. The van der Waals surface area contributed by atoms with Crippen molar-refractivity contribution >= 4 is 33.3 Å². The van der Waals surface area contributed by atoms with Crippen molar-refractivity contribution in [1.82, 2.24) is 4.90 Å². The molecule has 1 amide bonds. The number of fused-ring (bicyclic) bond motifs is 1. The van der Waals surface area contributed by atoms with E-state index in [1.165, 1.54) is 18.9 Å². The number of hydrogen-bond acceptors (Lipinski definition) is 6. The number of Topliss-reactive ketones (excluding diaryl/α,β-unsaturated/α-hetero) is 1. The molecule has 1 aromatic rings. The zero-order valence-electron chi connectivity index (χ0n) is 15.9. The lowest BCUT2D eigenvalue weighted by atomic mass is 9.86. The lowest BCUT2D eigenvalue weighted by molar-refractivity contribution is -0.161. The van der Waals surface area contributed by atoms with Gasteiger partial charge < -0.3 is 4.74 Å². The molecule has 0 unspecified atom stereocenters. The molecule has 6 nitrogen and oxygen atoms in total. The molecule has 2 heterocycles. The number of carbonyl (C=O) groups excluding carboxylic acids is 2. The number of amides is 1. The summed E-state index contributed by atoms with van der Waals surface area (Å²) in [5, 5.41) is -1.17. The minimum absolute atomic E-state index is 0.189. The summed E-state index contributed by atoms with van der Waals surface area (Å²) in [6.45, 7) is 6.89. The van der Waals surface area contributed by atoms with E-state index in [2.05, 4.69) is 0 Å². The zero-order valence-corrected chi connectivity index (χ0v) is 17.6. The number of rotatable bonds is 4. The zero-order chi connectivity index (χ0) is 20.1. The minimum atomic E-state index is -3.79. The second-order valence-corrected chi connectivity index (χ2v) is 11.3. The van der Waals surface area contributed by atoms with E-state index in [-0.39, 0.29) is 11.5 Å². The van der Waals surface area contributed by atoms with Crippen LogP contribution in [0.15, 0.2) is 46.5 Å². The highest BCUT2D eigenvalue weighted by atomic mass is 32.3. The van der Waals surface area contributed by atoms with Gasteiger partial charge in [0.2, 0.25) is 0 Å². The molecule has 0 aromatic heterocycles. The summed E-state index contributed by atoms with van der Waals surface area (Å²) < 4.78 is 30.8. The van der Waals surface area contributed by atoms with Gasteiger partial charge >= 0.3 is 0 Å². The Kier molecular flexibility index (Phi) is 5.03. The van der Waals surface area contributed by atoms with Gasteiger partial charge in [0.1, 0.15) is 4.58 Å². The van der Waals surface area contributed by atoms with Crippen LogP contribution in [0.3, 0.4) is 0 Å². The van der Waals surface area contributed by atoms with Crippen LogP contribution in [0.5, 0.6) is 0 Å². The van der Waals surface area contributed by atoms with E-state index in [0.29, 0.717) is 5.57 Å². The Hall–Kier alpha value is -1.64. The number of methoxy groups -OCH3 is 1. The van der Waals surface area contributed by atoms with E-state index < -0.39 is 37.2 Å². The van der Waals surface area contributed by atoms with Crippen LogP contribution >= 0.6 is 11.8 Å². The van der Waals surface area contributed by atoms with Crippen molar-refractivity contribution in [3.8, 4) is 0 Å². The average Bonchev–Trinajstić information content (AvgIpc) is 2.59. The molecule has 0 radical (unpaired) electrons. The number of benzene rings is 1. The maximum Gasteiger partial charge on any atom is 0.260 e. The maximum atomic E-state index is 13.3. The number of ketones is 1. The summed E-state index contributed by atoms with van der Waals surface area (Å²) in [6.07, 6.45) is -1.08. The van der Waals surface area contributed by atoms with Crippen LogP contribution in [-0.4, -0.2) is 48.2 Å². The predicted molar refractivity (Wildman–Crippen MR) is 104 cm³/mol. The van der Waals surface area contributed by atoms with Gasteiger partial charge in [-0.1, -0.05) is 39.0 Å². The Bertz CT molecular complexity index is 915. The minimum Gasteiger partial charge on any atom is -0.368 e. The molecule has 1 fully saturated rings. The van der Waals surface area contributed by atoms with Crippen molar-refractivity contribution in [2.75, 3.05) is 7.11 Å². The lowest BCUT2D eigenvalue weighted by Crippen LogP contribution is -2.71. The van der Waals surface area contributed by atoms with E-state index in [4.69, 9.17) is 4.74 Å². The molecule has 1 saturated heterocycles. The van der Waals surface area contributed by atoms with Gasteiger partial charge in [0, 0.05) is 17.4 Å². The number of sulfone groups is 1. The number of hydrogen-bond donors (Lipinski definition) is 0. The van der Waals surface area contributed by atoms with Crippen LogP contribution in [0.2, 0.25) is 0 Å². The number of nitrogens with zero attached hydrogens (tertiary/aromatic N) is 1. The summed E-state index contributed by atoms with van der Waals surface area (Å²) in [4.78, 5) is 27.5. The Morgan fingerprint density at radius 3 is 2.30 bits per heavy atom. The highest BCUT2D eigenvalue weighted by Gasteiger charge is 2.63. The van der Waals surface area contributed by atoms with Gasteiger partial charge in [0.25, 0.3) is 5.91 Å². The molecule has 27 heavy (non-hydrogen) atoms. The Morgan fingerprint density at radius 2 is 1.78 bits per heavy atom. The molecule has 0 bridgehead atoms. The summed E-state index contributed by atoms with van der Waals surface area (Å²) in [5.41, 5.74) is -0.167. The molecule has 0 spiro atoms. The van der Waals surface area contributed by atoms with Gasteiger partial charge in [0.15, 0.2) is 27.1 Å². The molecule has 1 aromatic carbocycles. The highest BCUT2D eigenvalue weighted by molar-refractivity contribution is 8.14. The molecule has 0 aliphatic carbocycles. The van der Waals surface area contributed by atoms with Gasteiger partial charge in [-0.05, 0) is 24.6 Å². The van der Waals surface area contributed by atoms with Gasteiger partial charge in [-0.2, -0.15) is 0 Å². The average molecular weight is 410 g/mol. The SMILES string of the molecule is CO[C@H]1C(=O)N2C(C(=O)C(C)(C)C)=C(C)[C@@H](Sc3ccccc3)S(=O)(=O)[C@H]12. The topological polar surface area (TPSA) is 80.8 Å². The monoisotopic (exact) mass is 409 g/mol. The van der Waals surface area contributed by atoms with Gasteiger partial charge in [-0.25, -0.2) is 8.42 Å². The van der Waals surface area contributed by atoms with Gasteiger partial charge in [-0.15, -0.1) is 11.8 Å². The third-order valence-corrected chi connectivity index (χ3v) is 9.02. The summed E-state index contributed by atoms with van der Waals surface area (Å²) in [6, 6.07) is 9.16. The van der Waals surface area contributed by atoms with E-state index in [0.717, 1.165) is 9.80 Å². The molecule has 3 atom stereocenters. The Morgan fingerprint density at radius 1 is 1.19 bits per heavy atom. The third-order valence-electron chi connectivity index (χ3n) is 4.73. The molecule has 0 N–H and O–H groups in total. The summed E-state index contributed by atoms with van der Waals surface area (Å²) in [7, 11) is -2.47.